The second-order valence-corrected chi connectivity index (χ2v) is 5.31. The molecule has 0 aromatic heterocycles. The van der Waals surface area contributed by atoms with Gasteiger partial charge in [-0.25, -0.2) is 0 Å². The van der Waals surface area contributed by atoms with E-state index in [1.54, 1.807) is 11.8 Å². The lowest BCUT2D eigenvalue weighted by atomic mass is 10.0. The fourth-order valence-corrected chi connectivity index (χ4v) is 2.40. The first-order valence-corrected chi connectivity index (χ1v) is 7.01. The van der Waals surface area contributed by atoms with Gasteiger partial charge in [-0.05, 0) is 37.9 Å². The first-order valence-electron chi connectivity index (χ1n) is 5.79. The van der Waals surface area contributed by atoms with Crippen LogP contribution in [0.4, 0.5) is 0 Å². The van der Waals surface area contributed by atoms with E-state index in [0.717, 1.165) is 13.1 Å². The van der Waals surface area contributed by atoms with Crippen LogP contribution < -0.4 is 5.32 Å². The van der Waals surface area contributed by atoms with Gasteiger partial charge in [0.25, 0.3) is 0 Å². The van der Waals surface area contributed by atoms with Crippen LogP contribution in [0.1, 0.15) is 18.5 Å². The van der Waals surface area contributed by atoms with Crippen molar-refractivity contribution in [1.82, 2.24) is 10.2 Å². The third kappa shape index (κ3) is 2.42. The fourth-order valence-electron chi connectivity index (χ4n) is 2.00. The van der Waals surface area contributed by atoms with Gasteiger partial charge >= 0.3 is 0 Å². The Morgan fingerprint density at radius 3 is 2.38 bits per heavy atom. The van der Waals surface area contributed by atoms with Gasteiger partial charge in [0.05, 0.1) is 0 Å². The topological polar surface area (TPSA) is 15.3 Å². The molecule has 1 atom stereocenters. The number of benzene rings is 1. The van der Waals surface area contributed by atoms with E-state index >= 15 is 0 Å². The number of rotatable bonds is 4. The number of nitrogens with zero attached hydrogens (tertiary/aromatic N) is 1. The maximum absolute atomic E-state index is 3.32. The van der Waals surface area contributed by atoms with Gasteiger partial charge in [-0.2, -0.15) is 0 Å². The van der Waals surface area contributed by atoms with Gasteiger partial charge in [0.2, 0.25) is 0 Å². The van der Waals surface area contributed by atoms with Gasteiger partial charge < -0.3 is 5.32 Å². The minimum Gasteiger partial charge on any atom is -0.314 e. The Morgan fingerprint density at radius 1 is 1.31 bits per heavy atom. The molecule has 0 saturated carbocycles. The van der Waals surface area contributed by atoms with Gasteiger partial charge in [-0.3, -0.25) is 4.90 Å². The highest BCUT2D eigenvalue weighted by Gasteiger charge is 2.25. The van der Waals surface area contributed by atoms with E-state index in [0.29, 0.717) is 12.1 Å². The zero-order chi connectivity index (χ0) is 11.5. The van der Waals surface area contributed by atoms with Gasteiger partial charge in [0.1, 0.15) is 0 Å². The average Bonchev–Trinajstić information content (AvgIpc) is 2.26. The summed E-state index contributed by atoms with van der Waals surface area (Å²) in [7, 11) is 2.22. The van der Waals surface area contributed by atoms with Gasteiger partial charge in [-0.1, -0.05) is 12.1 Å². The van der Waals surface area contributed by atoms with Crippen molar-refractivity contribution in [3.05, 3.63) is 29.8 Å². The van der Waals surface area contributed by atoms with E-state index in [1.807, 2.05) is 0 Å². The smallest absolute Gasteiger partial charge is 0.0348 e. The van der Waals surface area contributed by atoms with Crippen LogP contribution in [-0.4, -0.2) is 37.3 Å². The van der Waals surface area contributed by atoms with Crippen molar-refractivity contribution >= 4 is 11.8 Å². The van der Waals surface area contributed by atoms with E-state index in [9.17, 15) is 0 Å². The van der Waals surface area contributed by atoms with Crippen LogP contribution >= 0.6 is 11.8 Å². The second kappa shape index (κ2) is 5.21. The quantitative estimate of drug-likeness (QED) is 0.808. The largest absolute Gasteiger partial charge is 0.314 e. The molecule has 1 aliphatic rings. The molecule has 1 aromatic rings. The third-order valence-electron chi connectivity index (χ3n) is 3.55. The molecule has 3 heteroatoms. The SMILES string of the molecule is CSc1ccc(C(C)N(C)C2CNC2)cc1. The molecule has 0 spiro atoms. The average molecular weight is 236 g/mol. The van der Waals surface area contributed by atoms with Gasteiger partial charge in [0, 0.05) is 30.1 Å². The molecule has 0 aliphatic carbocycles. The Labute approximate surface area is 102 Å². The first kappa shape index (κ1) is 12.0. The zero-order valence-electron chi connectivity index (χ0n) is 10.2. The number of hydrogen-bond acceptors (Lipinski definition) is 3. The highest BCUT2D eigenvalue weighted by Crippen LogP contribution is 2.24. The zero-order valence-corrected chi connectivity index (χ0v) is 11.1. The summed E-state index contributed by atoms with van der Waals surface area (Å²) in [6.45, 7) is 4.54. The van der Waals surface area contributed by atoms with Crippen molar-refractivity contribution in [2.24, 2.45) is 0 Å². The normalized spacial score (nSPS) is 18.5. The lowest BCUT2D eigenvalue weighted by Crippen LogP contribution is -2.56. The van der Waals surface area contributed by atoms with Crippen LogP contribution in [0.2, 0.25) is 0 Å². The maximum Gasteiger partial charge on any atom is 0.0348 e. The van der Waals surface area contributed by atoms with Crippen molar-refractivity contribution in [3.8, 4) is 0 Å². The fraction of sp³-hybridized carbons (Fsp3) is 0.538. The molecule has 1 fully saturated rings. The number of likely N-dealkylation sites (N-methyl/N-ethyl adjacent to an activating group) is 1. The standard InChI is InChI=1S/C13H20N2S/c1-10(15(2)12-8-14-9-12)11-4-6-13(16-3)7-5-11/h4-7,10,12,14H,8-9H2,1-3H3. The monoisotopic (exact) mass is 236 g/mol. The molecule has 1 heterocycles. The van der Waals surface area contributed by atoms with E-state index in [2.05, 4.69) is 54.7 Å². The number of hydrogen-bond donors (Lipinski definition) is 1. The summed E-state index contributed by atoms with van der Waals surface area (Å²) >= 11 is 1.80. The van der Waals surface area contributed by atoms with E-state index in [-0.39, 0.29) is 0 Å². The van der Waals surface area contributed by atoms with Crippen LogP contribution in [-0.2, 0) is 0 Å². The molecular weight excluding hydrogens is 216 g/mol. The summed E-state index contributed by atoms with van der Waals surface area (Å²) in [6, 6.07) is 10.1. The molecule has 88 valence electrons. The highest BCUT2D eigenvalue weighted by molar-refractivity contribution is 7.98. The van der Waals surface area contributed by atoms with E-state index < -0.39 is 0 Å². The van der Waals surface area contributed by atoms with E-state index in [4.69, 9.17) is 0 Å². The predicted octanol–water partition coefficient (Wildman–Crippen LogP) is 2.37. The lowest BCUT2D eigenvalue weighted by molar-refractivity contribution is 0.136. The second-order valence-electron chi connectivity index (χ2n) is 4.43. The minimum atomic E-state index is 0.503. The summed E-state index contributed by atoms with van der Waals surface area (Å²) in [5.74, 6) is 0. The van der Waals surface area contributed by atoms with Crippen molar-refractivity contribution in [1.29, 1.82) is 0 Å². The number of nitrogens with one attached hydrogen (secondary N) is 1. The van der Waals surface area contributed by atoms with E-state index in [1.165, 1.54) is 10.5 Å². The van der Waals surface area contributed by atoms with Crippen LogP contribution in [0.5, 0.6) is 0 Å². The summed E-state index contributed by atoms with van der Waals surface area (Å²) < 4.78 is 0. The first-order chi connectivity index (χ1) is 7.72. The Kier molecular flexibility index (Phi) is 3.90. The van der Waals surface area contributed by atoms with Crippen molar-refractivity contribution in [3.63, 3.8) is 0 Å². The molecule has 1 saturated heterocycles. The Balaban J connectivity index is 2.04. The molecule has 2 nitrogen and oxygen atoms in total. The third-order valence-corrected chi connectivity index (χ3v) is 4.29. The van der Waals surface area contributed by atoms with Crippen LogP contribution in [0, 0.1) is 0 Å². The lowest BCUT2D eigenvalue weighted by Gasteiger charge is -2.39. The summed E-state index contributed by atoms with van der Waals surface area (Å²) in [6.07, 6.45) is 2.12. The molecule has 0 bridgehead atoms. The molecule has 2 rings (SSSR count). The van der Waals surface area contributed by atoms with Crippen molar-refractivity contribution < 1.29 is 0 Å². The molecular formula is C13H20N2S. The highest BCUT2D eigenvalue weighted by atomic mass is 32.2. The van der Waals surface area contributed by atoms with Crippen LogP contribution in [0.15, 0.2) is 29.2 Å². The molecule has 1 aromatic carbocycles. The van der Waals surface area contributed by atoms with Crippen molar-refractivity contribution in [2.75, 3.05) is 26.4 Å². The Morgan fingerprint density at radius 2 is 1.94 bits per heavy atom. The molecule has 1 aliphatic heterocycles. The van der Waals surface area contributed by atoms with Crippen molar-refractivity contribution in [2.45, 2.75) is 23.9 Å². The Hall–Kier alpha value is -0.510. The molecule has 0 amide bonds. The van der Waals surface area contributed by atoms with Gasteiger partial charge in [-0.15, -0.1) is 11.8 Å². The predicted molar refractivity (Wildman–Crippen MR) is 71.1 cm³/mol. The summed E-state index contributed by atoms with van der Waals surface area (Å²) in [5, 5.41) is 3.32. The Bertz CT molecular complexity index is 332. The summed E-state index contributed by atoms with van der Waals surface area (Å²) in [5.41, 5.74) is 1.41. The molecule has 0 radical (unpaired) electrons. The number of thioether (sulfide) groups is 1. The molecule has 1 unspecified atom stereocenters. The maximum atomic E-state index is 3.32. The summed E-state index contributed by atoms with van der Waals surface area (Å²) in [4.78, 5) is 3.80. The molecule has 1 N–H and O–H groups in total. The van der Waals surface area contributed by atoms with Crippen LogP contribution in [0.3, 0.4) is 0 Å². The molecule has 16 heavy (non-hydrogen) atoms. The van der Waals surface area contributed by atoms with Crippen LogP contribution in [0.25, 0.3) is 0 Å². The van der Waals surface area contributed by atoms with Gasteiger partial charge in [0.15, 0.2) is 0 Å². The minimum absolute atomic E-state index is 0.503.